The highest BCUT2D eigenvalue weighted by Crippen LogP contribution is 2.18. The van der Waals surface area contributed by atoms with Crippen molar-refractivity contribution in [2.24, 2.45) is 0 Å². The van der Waals surface area contributed by atoms with Crippen LogP contribution in [0.4, 0.5) is 0 Å². The summed E-state index contributed by atoms with van der Waals surface area (Å²) in [6.07, 6.45) is 0. The molecule has 1 fully saturated rings. The average Bonchev–Trinajstić information content (AvgIpc) is 2.70. The lowest BCUT2D eigenvalue weighted by molar-refractivity contribution is 0.0702. The molecule has 104 valence electrons. The van der Waals surface area contributed by atoms with Gasteiger partial charge < -0.3 is 10.0 Å². The molecular formula is C11H18Cl2N2O2S. The highest BCUT2D eigenvalue weighted by molar-refractivity contribution is 7.13. The smallest absolute Gasteiger partial charge is 0.345 e. The molecule has 0 radical (unpaired) electrons. The lowest BCUT2D eigenvalue weighted by Gasteiger charge is -2.31. The zero-order valence-corrected chi connectivity index (χ0v) is 12.6. The number of thiophene rings is 1. The van der Waals surface area contributed by atoms with Crippen molar-refractivity contribution in [3.63, 3.8) is 0 Å². The number of carboxylic acid groups (broad SMARTS) is 1. The van der Waals surface area contributed by atoms with Crippen LogP contribution in [-0.2, 0) is 6.54 Å². The first-order valence-electron chi connectivity index (χ1n) is 5.38. The van der Waals surface area contributed by atoms with Crippen LogP contribution in [0.3, 0.4) is 0 Å². The topological polar surface area (TPSA) is 43.8 Å². The molecule has 0 amide bonds. The molecule has 4 nitrogen and oxygen atoms in total. The largest absolute Gasteiger partial charge is 0.477 e. The maximum atomic E-state index is 10.7. The second kappa shape index (κ2) is 7.96. The Morgan fingerprint density at radius 1 is 1.28 bits per heavy atom. The summed E-state index contributed by atoms with van der Waals surface area (Å²) in [7, 11) is 2.13. The first-order chi connectivity index (χ1) is 7.65. The van der Waals surface area contributed by atoms with Gasteiger partial charge in [-0.25, -0.2) is 4.79 Å². The normalized spacial score (nSPS) is 16.7. The van der Waals surface area contributed by atoms with Crippen molar-refractivity contribution >= 4 is 42.1 Å². The standard InChI is InChI=1S/C11H16N2O2S.2ClH/c1-12-4-6-13(7-5-12)8-9-2-3-10(16-9)11(14)15;;/h2-3H,4-8H2,1H3,(H,14,15);2*1H. The molecule has 2 heterocycles. The average molecular weight is 313 g/mol. The number of rotatable bonds is 3. The SMILES string of the molecule is CN1CCN(Cc2ccc(C(=O)O)s2)CC1.Cl.Cl. The van der Waals surface area contributed by atoms with E-state index in [2.05, 4.69) is 16.8 Å². The van der Waals surface area contributed by atoms with E-state index in [4.69, 9.17) is 5.11 Å². The van der Waals surface area contributed by atoms with Gasteiger partial charge in [0, 0.05) is 37.6 Å². The van der Waals surface area contributed by atoms with Crippen molar-refractivity contribution in [3.8, 4) is 0 Å². The molecule has 18 heavy (non-hydrogen) atoms. The van der Waals surface area contributed by atoms with Crippen molar-refractivity contribution in [2.75, 3.05) is 33.2 Å². The Kier molecular flexibility index (Phi) is 7.82. The molecule has 1 aromatic heterocycles. The van der Waals surface area contributed by atoms with E-state index in [0.717, 1.165) is 37.6 Å². The summed E-state index contributed by atoms with van der Waals surface area (Å²) >= 11 is 1.38. The maximum absolute atomic E-state index is 10.7. The van der Waals surface area contributed by atoms with Gasteiger partial charge in [0.15, 0.2) is 0 Å². The molecule has 0 aliphatic carbocycles. The van der Waals surface area contributed by atoms with Crippen LogP contribution in [0.5, 0.6) is 0 Å². The third-order valence-electron chi connectivity index (χ3n) is 2.85. The van der Waals surface area contributed by atoms with Crippen LogP contribution in [-0.4, -0.2) is 54.1 Å². The molecule has 0 aromatic carbocycles. The fourth-order valence-corrected chi connectivity index (χ4v) is 2.69. The van der Waals surface area contributed by atoms with Crippen LogP contribution in [0, 0.1) is 0 Å². The van der Waals surface area contributed by atoms with Crippen LogP contribution in [0.2, 0.25) is 0 Å². The van der Waals surface area contributed by atoms with E-state index in [-0.39, 0.29) is 24.8 Å². The molecule has 1 aromatic rings. The second-order valence-corrected chi connectivity index (χ2v) is 5.32. The third kappa shape index (κ3) is 4.74. The van der Waals surface area contributed by atoms with Crippen molar-refractivity contribution in [1.29, 1.82) is 0 Å². The predicted octanol–water partition coefficient (Wildman–Crippen LogP) is 2.04. The molecule has 2 rings (SSSR count). The van der Waals surface area contributed by atoms with E-state index in [9.17, 15) is 4.79 Å². The molecule has 7 heteroatoms. The summed E-state index contributed by atoms with van der Waals surface area (Å²) in [5, 5.41) is 8.83. The lowest BCUT2D eigenvalue weighted by atomic mass is 10.3. The predicted molar refractivity (Wildman–Crippen MR) is 78.5 cm³/mol. The van der Waals surface area contributed by atoms with E-state index >= 15 is 0 Å². The van der Waals surface area contributed by atoms with Gasteiger partial charge in [-0.1, -0.05) is 0 Å². The lowest BCUT2D eigenvalue weighted by Crippen LogP contribution is -2.43. The zero-order valence-electron chi connectivity index (χ0n) is 10.2. The highest BCUT2D eigenvalue weighted by atomic mass is 35.5. The van der Waals surface area contributed by atoms with Gasteiger partial charge in [-0.05, 0) is 19.2 Å². The number of hydrogen-bond donors (Lipinski definition) is 1. The summed E-state index contributed by atoms with van der Waals surface area (Å²) in [6.45, 7) is 5.20. The summed E-state index contributed by atoms with van der Waals surface area (Å²) in [4.78, 5) is 17.0. The highest BCUT2D eigenvalue weighted by Gasteiger charge is 2.15. The second-order valence-electron chi connectivity index (χ2n) is 4.15. The first-order valence-corrected chi connectivity index (χ1v) is 6.20. The van der Waals surface area contributed by atoms with Crippen LogP contribution < -0.4 is 0 Å². The van der Waals surface area contributed by atoms with E-state index in [1.54, 1.807) is 6.07 Å². The fraction of sp³-hybridized carbons (Fsp3) is 0.545. The van der Waals surface area contributed by atoms with Gasteiger partial charge in [0.05, 0.1) is 0 Å². The Bertz CT molecular complexity index is 379. The number of piperazine rings is 1. The Labute approximate surface area is 123 Å². The monoisotopic (exact) mass is 312 g/mol. The number of hydrogen-bond acceptors (Lipinski definition) is 4. The molecule has 1 aliphatic rings. The van der Waals surface area contributed by atoms with Gasteiger partial charge in [0.25, 0.3) is 0 Å². The van der Waals surface area contributed by atoms with Crippen LogP contribution >= 0.6 is 36.2 Å². The van der Waals surface area contributed by atoms with E-state index in [1.165, 1.54) is 11.3 Å². The number of carboxylic acids is 1. The minimum atomic E-state index is -0.824. The summed E-state index contributed by atoms with van der Waals surface area (Å²) in [6, 6.07) is 3.62. The van der Waals surface area contributed by atoms with Crippen molar-refractivity contribution in [2.45, 2.75) is 6.54 Å². The third-order valence-corrected chi connectivity index (χ3v) is 3.91. The van der Waals surface area contributed by atoms with Crippen LogP contribution in [0.25, 0.3) is 0 Å². The molecule has 0 atom stereocenters. The van der Waals surface area contributed by atoms with Gasteiger partial charge in [0.2, 0.25) is 0 Å². The zero-order chi connectivity index (χ0) is 11.5. The maximum Gasteiger partial charge on any atom is 0.345 e. The minimum Gasteiger partial charge on any atom is -0.477 e. The van der Waals surface area contributed by atoms with Gasteiger partial charge in [-0.2, -0.15) is 0 Å². The summed E-state index contributed by atoms with van der Waals surface area (Å²) < 4.78 is 0. The van der Waals surface area contributed by atoms with E-state index in [0.29, 0.717) is 4.88 Å². The Hall–Kier alpha value is -0.330. The Morgan fingerprint density at radius 3 is 2.39 bits per heavy atom. The quantitative estimate of drug-likeness (QED) is 0.927. The number of halogens is 2. The van der Waals surface area contributed by atoms with Crippen molar-refractivity contribution < 1.29 is 9.90 Å². The Morgan fingerprint density at radius 2 is 1.89 bits per heavy atom. The molecule has 0 unspecified atom stereocenters. The molecule has 0 bridgehead atoms. The van der Waals surface area contributed by atoms with Gasteiger partial charge in [0.1, 0.15) is 4.88 Å². The number of carbonyl (C=O) groups is 1. The number of nitrogens with zero attached hydrogens (tertiary/aromatic N) is 2. The van der Waals surface area contributed by atoms with Gasteiger partial charge in [-0.3, -0.25) is 4.90 Å². The van der Waals surface area contributed by atoms with Crippen LogP contribution in [0.1, 0.15) is 14.5 Å². The Balaban J connectivity index is 0.00000144. The summed E-state index contributed by atoms with van der Waals surface area (Å²) in [5.74, 6) is -0.824. The molecule has 1 N–H and O–H groups in total. The first kappa shape index (κ1) is 17.7. The number of aromatic carboxylic acids is 1. The molecule has 1 aliphatic heterocycles. The van der Waals surface area contributed by atoms with E-state index in [1.807, 2.05) is 6.07 Å². The molecule has 0 spiro atoms. The van der Waals surface area contributed by atoms with Gasteiger partial charge in [-0.15, -0.1) is 36.2 Å². The van der Waals surface area contributed by atoms with Crippen molar-refractivity contribution in [3.05, 3.63) is 21.9 Å². The molecule has 0 saturated carbocycles. The molecular weight excluding hydrogens is 295 g/mol. The van der Waals surface area contributed by atoms with Gasteiger partial charge >= 0.3 is 5.97 Å². The summed E-state index contributed by atoms with van der Waals surface area (Å²) in [5.41, 5.74) is 0. The molecule has 1 saturated heterocycles. The minimum absolute atomic E-state index is 0. The van der Waals surface area contributed by atoms with E-state index < -0.39 is 5.97 Å². The van der Waals surface area contributed by atoms with Crippen LogP contribution in [0.15, 0.2) is 12.1 Å². The number of likely N-dealkylation sites (N-methyl/N-ethyl adjacent to an activating group) is 1. The fourth-order valence-electron chi connectivity index (χ4n) is 1.80. The van der Waals surface area contributed by atoms with Crippen molar-refractivity contribution in [1.82, 2.24) is 9.80 Å².